The quantitative estimate of drug-likeness (QED) is 0.776. The molecule has 1 aliphatic carbocycles. The number of ketones is 1. The second-order valence-electron chi connectivity index (χ2n) is 4.25. The molecule has 0 radical (unpaired) electrons. The number of carbonyl (C=O) groups is 1. The molecule has 2 nitrogen and oxygen atoms in total. The van der Waals surface area contributed by atoms with Crippen LogP contribution in [-0.4, -0.2) is 5.78 Å². The third-order valence-electron chi connectivity index (χ3n) is 3.14. The number of benzene rings is 2. The highest BCUT2D eigenvalue weighted by atomic mass is 19.1. The van der Waals surface area contributed by atoms with Crippen LogP contribution >= 0.6 is 0 Å². The number of carbonyl (C=O) groups excluding carboxylic acids is 1. The van der Waals surface area contributed by atoms with Crippen molar-refractivity contribution in [1.82, 2.24) is 0 Å². The Morgan fingerprint density at radius 2 is 1.74 bits per heavy atom. The summed E-state index contributed by atoms with van der Waals surface area (Å²) in [6.45, 7) is 0. The Morgan fingerprint density at radius 1 is 1.00 bits per heavy atom. The van der Waals surface area contributed by atoms with Crippen LogP contribution in [0, 0.1) is 17.1 Å². The summed E-state index contributed by atoms with van der Waals surface area (Å²) in [5.74, 6) is -0.649. The van der Waals surface area contributed by atoms with Gasteiger partial charge >= 0.3 is 0 Å². The van der Waals surface area contributed by atoms with Gasteiger partial charge in [0.25, 0.3) is 0 Å². The minimum Gasteiger partial charge on any atom is -0.289 e. The van der Waals surface area contributed by atoms with Gasteiger partial charge in [-0.25, -0.2) is 4.39 Å². The highest BCUT2D eigenvalue weighted by Crippen LogP contribution is 2.37. The number of Topliss-reactive ketones (excluding diaryl/α,β-unsaturated/α-hetero) is 1. The summed E-state index contributed by atoms with van der Waals surface area (Å²) < 4.78 is 13.3. The lowest BCUT2D eigenvalue weighted by Crippen LogP contribution is -1.98. The van der Waals surface area contributed by atoms with Crippen molar-refractivity contribution < 1.29 is 9.18 Å². The Labute approximate surface area is 109 Å². The van der Waals surface area contributed by atoms with E-state index in [0.717, 1.165) is 0 Å². The highest BCUT2D eigenvalue weighted by molar-refractivity contribution is 6.41. The summed E-state index contributed by atoms with van der Waals surface area (Å²) in [6, 6.07) is 14.7. The van der Waals surface area contributed by atoms with Crippen molar-refractivity contribution in [3.63, 3.8) is 0 Å². The molecule has 0 aliphatic heterocycles. The number of nitrogens with zero attached hydrogens (tertiary/aromatic N) is 1. The molecule has 90 valence electrons. The molecule has 0 saturated carbocycles. The lowest BCUT2D eigenvalue weighted by Gasteiger charge is -2.01. The van der Waals surface area contributed by atoms with Crippen LogP contribution in [0.3, 0.4) is 0 Å². The molecule has 0 N–H and O–H groups in total. The predicted octanol–water partition coefficient (Wildman–Crippen LogP) is 3.46. The van der Waals surface area contributed by atoms with E-state index in [4.69, 9.17) is 0 Å². The van der Waals surface area contributed by atoms with E-state index in [1.54, 1.807) is 30.3 Å². The number of allylic oxidation sites excluding steroid dienone is 2. The highest BCUT2D eigenvalue weighted by Gasteiger charge is 2.30. The van der Waals surface area contributed by atoms with Crippen molar-refractivity contribution >= 4 is 16.9 Å². The van der Waals surface area contributed by atoms with Crippen LogP contribution in [0.15, 0.2) is 48.5 Å². The van der Waals surface area contributed by atoms with E-state index in [2.05, 4.69) is 6.07 Å². The zero-order valence-electron chi connectivity index (χ0n) is 9.85. The zero-order valence-corrected chi connectivity index (χ0v) is 9.85. The maximum absolute atomic E-state index is 13.3. The number of rotatable bonds is 1. The van der Waals surface area contributed by atoms with Gasteiger partial charge in [0, 0.05) is 16.7 Å². The molecule has 0 unspecified atom stereocenters. The number of fused-ring (bicyclic) bond motifs is 1. The van der Waals surface area contributed by atoms with Gasteiger partial charge in [0.05, 0.1) is 5.57 Å². The Balaban J connectivity index is 2.28. The SMILES string of the molecule is N#CC1=C(c2cccc(F)c2)C(=O)c2ccccc21. The zero-order chi connectivity index (χ0) is 13.4. The molecule has 0 bridgehead atoms. The minimum absolute atomic E-state index is 0.224. The van der Waals surface area contributed by atoms with Gasteiger partial charge in [-0.15, -0.1) is 0 Å². The largest absolute Gasteiger partial charge is 0.289 e. The number of halogens is 1. The fourth-order valence-electron chi connectivity index (χ4n) is 2.32. The van der Waals surface area contributed by atoms with Gasteiger partial charge < -0.3 is 0 Å². The van der Waals surface area contributed by atoms with E-state index in [-0.39, 0.29) is 11.4 Å². The summed E-state index contributed by atoms with van der Waals surface area (Å²) >= 11 is 0. The van der Waals surface area contributed by atoms with Crippen molar-refractivity contribution in [3.8, 4) is 6.07 Å². The molecule has 19 heavy (non-hydrogen) atoms. The van der Waals surface area contributed by atoms with Crippen LogP contribution in [0.5, 0.6) is 0 Å². The Morgan fingerprint density at radius 3 is 2.42 bits per heavy atom. The first-order chi connectivity index (χ1) is 9.22. The van der Waals surface area contributed by atoms with E-state index < -0.39 is 5.82 Å². The summed E-state index contributed by atoms with van der Waals surface area (Å²) in [4.78, 5) is 12.3. The van der Waals surface area contributed by atoms with Gasteiger partial charge in [-0.1, -0.05) is 36.4 Å². The molecule has 3 heteroatoms. The number of hydrogen-bond acceptors (Lipinski definition) is 2. The second kappa shape index (κ2) is 4.18. The van der Waals surface area contributed by atoms with E-state index in [0.29, 0.717) is 22.3 Å². The van der Waals surface area contributed by atoms with Crippen LogP contribution in [0.4, 0.5) is 4.39 Å². The standard InChI is InChI=1S/C16H8FNO/c17-11-5-3-4-10(8-11)15-14(9-18)12-6-1-2-7-13(12)16(15)19/h1-8H. The summed E-state index contributed by atoms with van der Waals surface area (Å²) in [7, 11) is 0. The van der Waals surface area contributed by atoms with Gasteiger partial charge in [0.15, 0.2) is 5.78 Å². The van der Waals surface area contributed by atoms with Crippen molar-refractivity contribution in [2.45, 2.75) is 0 Å². The Kier molecular flexibility index (Phi) is 2.50. The number of hydrogen-bond donors (Lipinski definition) is 0. The van der Waals surface area contributed by atoms with Gasteiger partial charge in [0.1, 0.15) is 11.9 Å². The van der Waals surface area contributed by atoms with Crippen molar-refractivity contribution in [2.24, 2.45) is 0 Å². The van der Waals surface area contributed by atoms with Crippen LogP contribution < -0.4 is 0 Å². The van der Waals surface area contributed by atoms with Crippen molar-refractivity contribution in [1.29, 1.82) is 5.26 Å². The van der Waals surface area contributed by atoms with E-state index >= 15 is 0 Å². The van der Waals surface area contributed by atoms with E-state index in [9.17, 15) is 14.4 Å². The van der Waals surface area contributed by atoms with Crippen LogP contribution in [0.2, 0.25) is 0 Å². The monoisotopic (exact) mass is 249 g/mol. The molecule has 0 fully saturated rings. The molecule has 0 heterocycles. The predicted molar refractivity (Wildman–Crippen MR) is 69.6 cm³/mol. The molecule has 0 saturated heterocycles. The first-order valence-electron chi connectivity index (χ1n) is 5.77. The van der Waals surface area contributed by atoms with Gasteiger partial charge in [-0.05, 0) is 17.7 Å². The molecule has 0 spiro atoms. The summed E-state index contributed by atoms with van der Waals surface area (Å²) in [5.41, 5.74) is 2.15. The molecule has 2 aromatic rings. The maximum Gasteiger partial charge on any atom is 0.195 e. The minimum atomic E-state index is -0.425. The Bertz CT molecular complexity index is 768. The van der Waals surface area contributed by atoms with Crippen molar-refractivity contribution in [2.75, 3.05) is 0 Å². The molecule has 2 aromatic carbocycles. The normalized spacial score (nSPS) is 13.4. The first-order valence-corrected chi connectivity index (χ1v) is 5.77. The average Bonchev–Trinajstić information content (AvgIpc) is 2.72. The lowest BCUT2D eigenvalue weighted by molar-refractivity contribution is 0.105. The number of nitriles is 1. The Hall–Kier alpha value is -2.73. The molecular weight excluding hydrogens is 241 g/mol. The summed E-state index contributed by atoms with van der Waals surface area (Å²) in [6.07, 6.45) is 0. The molecule has 0 aromatic heterocycles. The fourth-order valence-corrected chi connectivity index (χ4v) is 2.32. The molecule has 0 amide bonds. The topological polar surface area (TPSA) is 40.9 Å². The van der Waals surface area contributed by atoms with E-state index in [1.807, 2.05) is 0 Å². The van der Waals surface area contributed by atoms with Gasteiger partial charge in [-0.3, -0.25) is 4.79 Å². The fraction of sp³-hybridized carbons (Fsp3) is 0. The van der Waals surface area contributed by atoms with Gasteiger partial charge in [0.2, 0.25) is 0 Å². The third-order valence-corrected chi connectivity index (χ3v) is 3.14. The van der Waals surface area contributed by atoms with Crippen molar-refractivity contribution in [3.05, 3.63) is 71.0 Å². The van der Waals surface area contributed by atoms with E-state index in [1.165, 1.54) is 18.2 Å². The molecule has 1 aliphatic rings. The maximum atomic E-state index is 13.3. The molecule has 0 atom stereocenters. The van der Waals surface area contributed by atoms with Crippen LogP contribution in [0.25, 0.3) is 11.1 Å². The third kappa shape index (κ3) is 1.66. The lowest BCUT2D eigenvalue weighted by atomic mass is 10.0. The van der Waals surface area contributed by atoms with Crippen LogP contribution in [0.1, 0.15) is 21.5 Å². The van der Waals surface area contributed by atoms with Crippen LogP contribution in [-0.2, 0) is 0 Å². The molecular formula is C16H8FNO. The molecule has 3 rings (SSSR count). The summed E-state index contributed by atoms with van der Waals surface area (Å²) in [5, 5.41) is 9.28. The average molecular weight is 249 g/mol. The second-order valence-corrected chi connectivity index (χ2v) is 4.25. The first kappa shape index (κ1) is 11.4. The smallest absolute Gasteiger partial charge is 0.195 e. The van der Waals surface area contributed by atoms with Gasteiger partial charge in [-0.2, -0.15) is 5.26 Å².